The number of anilines is 1. The first-order chi connectivity index (χ1) is 13.9. The van der Waals surface area contributed by atoms with Crippen LogP contribution in [0.5, 0.6) is 0 Å². The van der Waals surface area contributed by atoms with Crippen LogP contribution in [-0.4, -0.2) is 58.5 Å². The van der Waals surface area contributed by atoms with Crippen molar-refractivity contribution in [1.82, 2.24) is 15.1 Å². The van der Waals surface area contributed by atoms with Crippen molar-refractivity contribution in [3.63, 3.8) is 0 Å². The summed E-state index contributed by atoms with van der Waals surface area (Å²) < 4.78 is 28.4. The fraction of sp³-hybridized carbons (Fsp3) is 0.476. The third kappa shape index (κ3) is 5.06. The average Bonchev–Trinajstić information content (AvgIpc) is 2.67. The van der Waals surface area contributed by atoms with E-state index in [1.165, 1.54) is 6.07 Å². The lowest BCUT2D eigenvalue weighted by Crippen LogP contribution is -2.54. The van der Waals surface area contributed by atoms with E-state index in [4.69, 9.17) is 0 Å². The van der Waals surface area contributed by atoms with Gasteiger partial charge in [-0.2, -0.15) is 10.2 Å². The summed E-state index contributed by atoms with van der Waals surface area (Å²) in [6.07, 6.45) is 2.23. The monoisotopic (exact) mass is 404 g/mol. The predicted octanol–water partition coefficient (Wildman–Crippen LogP) is 3.17. The van der Waals surface area contributed by atoms with E-state index in [-0.39, 0.29) is 12.1 Å². The molecule has 1 unspecified atom stereocenters. The van der Waals surface area contributed by atoms with Gasteiger partial charge in [0, 0.05) is 32.4 Å². The predicted molar refractivity (Wildman–Crippen MR) is 106 cm³/mol. The van der Waals surface area contributed by atoms with Crippen LogP contribution in [0.2, 0.25) is 0 Å². The molecule has 1 N–H and O–H groups in total. The summed E-state index contributed by atoms with van der Waals surface area (Å²) >= 11 is 0. The van der Waals surface area contributed by atoms with Gasteiger partial charge in [-0.05, 0) is 42.2 Å². The Morgan fingerprint density at radius 1 is 1.34 bits per heavy atom. The zero-order valence-electron chi connectivity index (χ0n) is 16.7. The maximum atomic E-state index is 14.6. The van der Waals surface area contributed by atoms with Crippen molar-refractivity contribution >= 4 is 11.7 Å². The molecule has 0 spiro atoms. The quantitative estimate of drug-likeness (QED) is 0.765. The molecule has 156 valence electrons. The lowest BCUT2D eigenvalue weighted by atomic mass is 9.98. The summed E-state index contributed by atoms with van der Waals surface area (Å²) in [5, 5.41) is 17.5. The molecular weight excluding hydrogens is 378 g/mol. The number of hydrogen-bond donors (Lipinski definition) is 1. The van der Waals surface area contributed by atoms with Crippen LogP contribution in [0.25, 0.3) is 0 Å². The number of carboxylic acids is 1. The summed E-state index contributed by atoms with van der Waals surface area (Å²) in [6, 6.07) is 6.21. The molecular formula is C21H26F2N4O2. The molecule has 1 aromatic carbocycles. The van der Waals surface area contributed by atoms with E-state index in [2.05, 4.69) is 10.2 Å². The summed E-state index contributed by atoms with van der Waals surface area (Å²) in [7, 11) is 0. The van der Waals surface area contributed by atoms with Crippen LogP contribution < -0.4 is 4.90 Å². The molecule has 0 radical (unpaired) electrons. The maximum absolute atomic E-state index is 14.6. The number of piperazine rings is 1. The van der Waals surface area contributed by atoms with Crippen molar-refractivity contribution in [1.29, 1.82) is 0 Å². The summed E-state index contributed by atoms with van der Waals surface area (Å²) in [4.78, 5) is 15.5. The van der Waals surface area contributed by atoms with E-state index in [1.54, 1.807) is 23.2 Å². The van der Waals surface area contributed by atoms with Gasteiger partial charge < -0.3 is 10.0 Å². The van der Waals surface area contributed by atoms with E-state index >= 15 is 0 Å². The van der Waals surface area contributed by atoms with Crippen molar-refractivity contribution in [3.05, 3.63) is 53.1 Å². The Kier molecular flexibility index (Phi) is 6.74. The van der Waals surface area contributed by atoms with Gasteiger partial charge in [0.2, 0.25) is 0 Å². The molecule has 6 nitrogen and oxygen atoms in total. The number of hydrogen-bond acceptors (Lipinski definition) is 5. The number of rotatable bonds is 7. The molecule has 0 saturated carbocycles. The standard InChI is InChI=1S/C21H26F2N4O2/c1-14(2)8-15-9-18(23)20(21(28)29)19(10-15)27-7-6-26(17(11-22)13-27)12-16-4-3-5-24-25-16/h3-5,9-10,14,17H,6-8,11-13H2,1-2H3,(H,28,29). The Bertz CT molecular complexity index is 848. The lowest BCUT2D eigenvalue weighted by Gasteiger charge is -2.41. The molecule has 1 aliphatic rings. The second-order valence-electron chi connectivity index (χ2n) is 7.81. The van der Waals surface area contributed by atoms with E-state index < -0.39 is 24.5 Å². The number of halogens is 2. The Labute approximate surface area is 169 Å². The first-order valence-corrected chi connectivity index (χ1v) is 9.76. The second kappa shape index (κ2) is 9.26. The summed E-state index contributed by atoms with van der Waals surface area (Å²) in [5.41, 5.74) is 1.47. The van der Waals surface area contributed by atoms with Crippen LogP contribution in [0, 0.1) is 11.7 Å². The zero-order valence-corrected chi connectivity index (χ0v) is 16.7. The van der Waals surface area contributed by atoms with Crippen LogP contribution >= 0.6 is 0 Å². The zero-order chi connectivity index (χ0) is 21.0. The number of aromatic nitrogens is 2. The minimum atomic E-state index is -1.31. The Morgan fingerprint density at radius 2 is 2.14 bits per heavy atom. The third-order valence-electron chi connectivity index (χ3n) is 5.10. The van der Waals surface area contributed by atoms with Crippen molar-refractivity contribution in [3.8, 4) is 0 Å². The van der Waals surface area contributed by atoms with E-state index in [0.717, 1.165) is 11.3 Å². The molecule has 0 amide bonds. The highest BCUT2D eigenvalue weighted by Gasteiger charge is 2.31. The Morgan fingerprint density at radius 3 is 2.76 bits per heavy atom. The molecule has 1 atom stereocenters. The first kappa shape index (κ1) is 21.1. The number of nitrogens with zero attached hydrogens (tertiary/aromatic N) is 4. The van der Waals surface area contributed by atoms with E-state index in [0.29, 0.717) is 37.7 Å². The molecule has 1 aliphatic heterocycles. The fourth-order valence-corrected chi connectivity index (χ4v) is 3.79. The van der Waals surface area contributed by atoms with Crippen LogP contribution in [0.4, 0.5) is 14.5 Å². The lowest BCUT2D eigenvalue weighted by molar-refractivity contribution is 0.0692. The molecule has 1 fully saturated rings. The van der Waals surface area contributed by atoms with Crippen molar-refractivity contribution in [2.75, 3.05) is 31.2 Å². The largest absolute Gasteiger partial charge is 0.478 e. The molecule has 2 aromatic rings. The molecule has 0 aliphatic carbocycles. The van der Waals surface area contributed by atoms with E-state index in [9.17, 15) is 18.7 Å². The van der Waals surface area contributed by atoms with Gasteiger partial charge in [-0.3, -0.25) is 4.90 Å². The molecule has 3 rings (SSSR count). The fourth-order valence-electron chi connectivity index (χ4n) is 3.79. The molecule has 2 heterocycles. The van der Waals surface area contributed by atoms with Gasteiger partial charge in [0.15, 0.2) is 0 Å². The Hall–Kier alpha value is -2.61. The topological polar surface area (TPSA) is 69.6 Å². The molecule has 1 aromatic heterocycles. The van der Waals surface area contributed by atoms with Crippen LogP contribution in [0.1, 0.15) is 35.5 Å². The van der Waals surface area contributed by atoms with Gasteiger partial charge in [-0.1, -0.05) is 13.8 Å². The van der Waals surface area contributed by atoms with Gasteiger partial charge in [0.1, 0.15) is 18.1 Å². The summed E-state index contributed by atoms with van der Waals surface area (Å²) in [5.74, 6) is -1.75. The van der Waals surface area contributed by atoms with Crippen LogP contribution in [0.3, 0.4) is 0 Å². The molecule has 1 saturated heterocycles. The number of aromatic carboxylic acids is 1. The first-order valence-electron chi connectivity index (χ1n) is 9.76. The smallest absolute Gasteiger partial charge is 0.340 e. The SMILES string of the molecule is CC(C)Cc1cc(F)c(C(=O)O)c(N2CCN(Cc3cccnn3)C(CF)C2)c1. The maximum Gasteiger partial charge on any atom is 0.340 e. The van der Waals surface area contributed by atoms with Crippen LogP contribution in [0.15, 0.2) is 30.5 Å². The number of carbonyl (C=O) groups is 1. The number of carboxylic acid groups (broad SMARTS) is 1. The summed E-state index contributed by atoms with van der Waals surface area (Å²) in [6.45, 7) is 5.18. The van der Waals surface area contributed by atoms with Gasteiger partial charge in [-0.15, -0.1) is 0 Å². The third-order valence-corrected chi connectivity index (χ3v) is 5.10. The molecule has 0 bridgehead atoms. The van der Waals surface area contributed by atoms with Gasteiger partial charge in [-0.25, -0.2) is 13.6 Å². The normalized spacial score (nSPS) is 17.7. The van der Waals surface area contributed by atoms with Gasteiger partial charge in [0.25, 0.3) is 0 Å². The highest BCUT2D eigenvalue weighted by atomic mass is 19.1. The number of alkyl halides is 1. The van der Waals surface area contributed by atoms with Crippen LogP contribution in [-0.2, 0) is 13.0 Å². The Balaban J connectivity index is 1.85. The average molecular weight is 404 g/mol. The highest BCUT2D eigenvalue weighted by Crippen LogP contribution is 2.29. The number of benzene rings is 1. The minimum absolute atomic E-state index is 0.279. The molecule has 8 heteroatoms. The van der Waals surface area contributed by atoms with Crippen molar-refractivity contribution < 1.29 is 18.7 Å². The highest BCUT2D eigenvalue weighted by molar-refractivity contribution is 5.95. The second-order valence-corrected chi connectivity index (χ2v) is 7.81. The van der Waals surface area contributed by atoms with E-state index in [1.807, 2.05) is 24.8 Å². The minimum Gasteiger partial charge on any atom is -0.478 e. The van der Waals surface area contributed by atoms with Crippen molar-refractivity contribution in [2.24, 2.45) is 5.92 Å². The molecule has 29 heavy (non-hydrogen) atoms. The van der Waals surface area contributed by atoms with Gasteiger partial charge >= 0.3 is 5.97 Å². The van der Waals surface area contributed by atoms with Crippen molar-refractivity contribution in [2.45, 2.75) is 32.9 Å². The van der Waals surface area contributed by atoms with Gasteiger partial charge in [0.05, 0.1) is 17.4 Å².